The average Bonchev–Trinajstić information content (AvgIpc) is 3.01. The summed E-state index contributed by atoms with van der Waals surface area (Å²) in [6.45, 7) is 2.34. The third-order valence-electron chi connectivity index (χ3n) is 4.31. The number of H-pyrrole nitrogens is 1. The number of furan rings is 1. The van der Waals surface area contributed by atoms with Crippen LogP contribution in [0.15, 0.2) is 28.9 Å². The van der Waals surface area contributed by atoms with E-state index in [1.807, 2.05) is 17.0 Å². The van der Waals surface area contributed by atoms with E-state index in [-0.39, 0.29) is 5.91 Å². The van der Waals surface area contributed by atoms with Gasteiger partial charge in [-0.25, -0.2) is 0 Å². The Balaban J connectivity index is 1.51. The van der Waals surface area contributed by atoms with Crippen LogP contribution in [0.5, 0.6) is 0 Å². The van der Waals surface area contributed by atoms with Crippen molar-refractivity contribution in [3.63, 3.8) is 0 Å². The number of amides is 1. The zero-order valence-corrected chi connectivity index (χ0v) is 12.3. The standard InChI is InChI=1S/C16H19N3O3/c20-16(14-8-13(17-18-14)15-2-1-6-22-15)19(12-3-4-12)9-11-5-7-21-10-11/h1-2,6,8,11-12H,3-5,7,9-10H2,(H,17,18)/t11-/m1/s1. The van der Waals surface area contributed by atoms with Crippen LogP contribution in [0.2, 0.25) is 0 Å². The van der Waals surface area contributed by atoms with E-state index >= 15 is 0 Å². The third kappa shape index (κ3) is 2.66. The molecule has 4 rings (SSSR count). The number of nitrogens with zero attached hydrogens (tertiary/aromatic N) is 2. The summed E-state index contributed by atoms with van der Waals surface area (Å²) in [6.07, 6.45) is 4.83. The molecule has 1 N–H and O–H groups in total. The predicted octanol–water partition coefficient (Wildman–Crippen LogP) is 2.31. The van der Waals surface area contributed by atoms with E-state index in [9.17, 15) is 4.79 Å². The number of nitrogens with one attached hydrogen (secondary N) is 1. The zero-order valence-electron chi connectivity index (χ0n) is 12.3. The van der Waals surface area contributed by atoms with Gasteiger partial charge in [-0.3, -0.25) is 9.89 Å². The van der Waals surface area contributed by atoms with Crippen LogP contribution < -0.4 is 0 Å². The van der Waals surface area contributed by atoms with Gasteiger partial charge in [0.15, 0.2) is 11.5 Å². The Bertz CT molecular complexity index is 639. The van der Waals surface area contributed by atoms with Gasteiger partial charge in [0.2, 0.25) is 0 Å². The highest BCUT2D eigenvalue weighted by molar-refractivity contribution is 5.93. The van der Waals surface area contributed by atoms with Gasteiger partial charge in [0.1, 0.15) is 5.69 Å². The van der Waals surface area contributed by atoms with Crippen molar-refractivity contribution in [2.75, 3.05) is 19.8 Å². The molecule has 1 saturated heterocycles. The molecule has 6 nitrogen and oxygen atoms in total. The molecular formula is C16H19N3O3. The van der Waals surface area contributed by atoms with Crippen LogP contribution in [0, 0.1) is 5.92 Å². The molecule has 2 aliphatic rings. The van der Waals surface area contributed by atoms with Crippen molar-refractivity contribution < 1.29 is 13.9 Å². The Hall–Kier alpha value is -2.08. The Morgan fingerprint density at radius 1 is 1.41 bits per heavy atom. The maximum absolute atomic E-state index is 12.8. The first-order chi connectivity index (χ1) is 10.8. The molecule has 22 heavy (non-hydrogen) atoms. The molecule has 1 saturated carbocycles. The van der Waals surface area contributed by atoms with Crippen LogP contribution in [0.25, 0.3) is 11.5 Å². The molecule has 2 aromatic rings. The molecule has 3 heterocycles. The second kappa shape index (κ2) is 5.61. The second-order valence-electron chi connectivity index (χ2n) is 6.06. The first-order valence-corrected chi connectivity index (χ1v) is 7.79. The number of carbonyl (C=O) groups excluding carboxylic acids is 1. The Labute approximate surface area is 128 Å². The fourth-order valence-corrected chi connectivity index (χ4v) is 2.93. The Morgan fingerprint density at radius 2 is 2.32 bits per heavy atom. The molecule has 0 aromatic carbocycles. The highest BCUT2D eigenvalue weighted by Crippen LogP contribution is 2.30. The first-order valence-electron chi connectivity index (χ1n) is 7.79. The molecular weight excluding hydrogens is 282 g/mol. The maximum Gasteiger partial charge on any atom is 0.274 e. The summed E-state index contributed by atoms with van der Waals surface area (Å²) in [5.41, 5.74) is 1.19. The molecule has 2 aromatic heterocycles. The first kappa shape index (κ1) is 13.6. The van der Waals surface area contributed by atoms with E-state index in [1.165, 1.54) is 0 Å². The quantitative estimate of drug-likeness (QED) is 0.920. The summed E-state index contributed by atoms with van der Waals surface area (Å²) in [7, 11) is 0. The van der Waals surface area contributed by atoms with Crippen molar-refractivity contribution in [3.8, 4) is 11.5 Å². The number of hydrogen-bond donors (Lipinski definition) is 1. The molecule has 0 radical (unpaired) electrons. The molecule has 2 fully saturated rings. The van der Waals surface area contributed by atoms with E-state index in [0.29, 0.717) is 23.4 Å². The van der Waals surface area contributed by atoms with Gasteiger partial charge in [0.25, 0.3) is 5.91 Å². The van der Waals surface area contributed by atoms with Gasteiger partial charge >= 0.3 is 0 Å². The minimum Gasteiger partial charge on any atom is -0.463 e. The summed E-state index contributed by atoms with van der Waals surface area (Å²) in [5.74, 6) is 1.14. The number of rotatable bonds is 5. The molecule has 116 valence electrons. The zero-order chi connectivity index (χ0) is 14.9. The van der Waals surface area contributed by atoms with Gasteiger partial charge < -0.3 is 14.1 Å². The van der Waals surface area contributed by atoms with E-state index < -0.39 is 0 Å². The average molecular weight is 301 g/mol. The van der Waals surface area contributed by atoms with Crippen LogP contribution in [-0.2, 0) is 4.74 Å². The topological polar surface area (TPSA) is 71.4 Å². The van der Waals surface area contributed by atoms with Crippen molar-refractivity contribution in [1.82, 2.24) is 15.1 Å². The number of ether oxygens (including phenoxy) is 1. The minimum absolute atomic E-state index is 0.00320. The molecule has 0 spiro atoms. The fourth-order valence-electron chi connectivity index (χ4n) is 2.93. The van der Waals surface area contributed by atoms with Gasteiger partial charge in [0.05, 0.1) is 12.9 Å². The summed E-state index contributed by atoms with van der Waals surface area (Å²) >= 11 is 0. The monoisotopic (exact) mass is 301 g/mol. The molecule has 1 amide bonds. The van der Waals surface area contributed by atoms with Gasteiger partial charge in [-0.1, -0.05) is 0 Å². The maximum atomic E-state index is 12.8. The van der Waals surface area contributed by atoms with Gasteiger partial charge in [-0.05, 0) is 31.4 Å². The van der Waals surface area contributed by atoms with E-state index in [2.05, 4.69) is 10.2 Å². The summed E-state index contributed by atoms with van der Waals surface area (Å²) in [5, 5.41) is 7.05. The fraction of sp³-hybridized carbons (Fsp3) is 0.500. The van der Waals surface area contributed by atoms with E-state index in [4.69, 9.17) is 9.15 Å². The number of carbonyl (C=O) groups is 1. The lowest BCUT2D eigenvalue weighted by Gasteiger charge is -2.24. The lowest BCUT2D eigenvalue weighted by Crippen LogP contribution is -2.37. The second-order valence-corrected chi connectivity index (χ2v) is 6.06. The number of aromatic amines is 1. The molecule has 6 heteroatoms. The normalized spacial score (nSPS) is 21.2. The van der Waals surface area contributed by atoms with Crippen LogP contribution in [-0.4, -0.2) is 46.8 Å². The van der Waals surface area contributed by atoms with Crippen LogP contribution in [0.1, 0.15) is 29.8 Å². The highest BCUT2D eigenvalue weighted by atomic mass is 16.5. The van der Waals surface area contributed by atoms with Crippen molar-refractivity contribution in [3.05, 3.63) is 30.2 Å². The van der Waals surface area contributed by atoms with Gasteiger partial charge in [-0.15, -0.1) is 0 Å². The molecule has 1 aliphatic carbocycles. The van der Waals surface area contributed by atoms with Crippen LogP contribution in [0.4, 0.5) is 0 Å². The largest absolute Gasteiger partial charge is 0.463 e. The Kier molecular flexibility index (Phi) is 3.46. The summed E-state index contributed by atoms with van der Waals surface area (Å²) in [4.78, 5) is 14.7. The number of hydrogen-bond acceptors (Lipinski definition) is 4. The van der Waals surface area contributed by atoms with E-state index in [0.717, 1.165) is 44.7 Å². The molecule has 0 bridgehead atoms. The highest BCUT2D eigenvalue weighted by Gasteiger charge is 2.36. The van der Waals surface area contributed by atoms with Crippen LogP contribution >= 0.6 is 0 Å². The SMILES string of the molecule is O=C(c1cc(-c2ccco2)[nH]n1)N(C[C@H]1CCOC1)C1CC1. The minimum atomic E-state index is 0.00320. The van der Waals surface area contributed by atoms with Gasteiger partial charge in [0, 0.05) is 31.2 Å². The van der Waals surface area contributed by atoms with Crippen LogP contribution in [0.3, 0.4) is 0 Å². The third-order valence-corrected chi connectivity index (χ3v) is 4.31. The number of aromatic nitrogens is 2. The molecule has 1 atom stereocenters. The van der Waals surface area contributed by atoms with Crippen molar-refractivity contribution in [1.29, 1.82) is 0 Å². The molecule has 0 unspecified atom stereocenters. The van der Waals surface area contributed by atoms with E-state index in [1.54, 1.807) is 12.3 Å². The smallest absolute Gasteiger partial charge is 0.274 e. The predicted molar refractivity (Wildman–Crippen MR) is 79.3 cm³/mol. The Morgan fingerprint density at radius 3 is 3.00 bits per heavy atom. The lowest BCUT2D eigenvalue weighted by molar-refractivity contribution is 0.0700. The molecule has 1 aliphatic heterocycles. The summed E-state index contributed by atoms with van der Waals surface area (Å²) in [6, 6.07) is 5.79. The van der Waals surface area contributed by atoms with Crippen molar-refractivity contribution >= 4 is 5.91 Å². The summed E-state index contributed by atoms with van der Waals surface area (Å²) < 4.78 is 10.8. The van der Waals surface area contributed by atoms with Gasteiger partial charge in [-0.2, -0.15) is 5.10 Å². The van der Waals surface area contributed by atoms with Crippen molar-refractivity contribution in [2.24, 2.45) is 5.92 Å². The van der Waals surface area contributed by atoms with Crippen molar-refractivity contribution in [2.45, 2.75) is 25.3 Å². The lowest BCUT2D eigenvalue weighted by atomic mass is 10.1.